The highest BCUT2D eigenvalue weighted by atomic mass is 32.1. The van der Waals surface area contributed by atoms with E-state index in [-0.39, 0.29) is 17.6 Å². The largest absolute Gasteiger partial charge is 0.374 e. The van der Waals surface area contributed by atoms with E-state index >= 15 is 0 Å². The number of ether oxygens (including phenoxy) is 1. The van der Waals surface area contributed by atoms with Crippen LogP contribution in [-0.2, 0) is 16.7 Å². The molecule has 0 spiro atoms. The summed E-state index contributed by atoms with van der Waals surface area (Å²) in [6.07, 6.45) is 0.148. The molecule has 2 unspecified atom stereocenters. The van der Waals surface area contributed by atoms with Crippen LogP contribution in [0.2, 0.25) is 0 Å². The lowest BCUT2D eigenvalue weighted by molar-refractivity contribution is -0.0406. The first-order valence-corrected chi connectivity index (χ1v) is 7.78. The third-order valence-corrected chi connectivity index (χ3v) is 4.66. The summed E-state index contributed by atoms with van der Waals surface area (Å²) in [5, 5.41) is 3.39. The van der Waals surface area contributed by atoms with Crippen LogP contribution in [0.4, 0.5) is 0 Å². The number of morpholine rings is 1. The standard InChI is InChI=1S/C14H25N3OS/c1-10(15)12-8-17(5-6-18-12)7-11-9-19-13(16-11)14(2,3)4/h9-10,12H,5-8,15H2,1-4H3. The Labute approximate surface area is 120 Å². The second-order valence-electron chi connectivity index (χ2n) is 6.40. The molecule has 0 bridgehead atoms. The molecule has 1 aliphatic rings. The number of nitrogens with zero attached hydrogens (tertiary/aromatic N) is 2. The minimum atomic E-state index is 0.0865. The second-order valence-corrected chi connectivity index (χ2v) is 7.26. The fourth-order valence-corrected chi connectivity index (χ4v) is 3.04. The summed E-state index contributed by atoms with van der Waals surface area (Å²) in [4.78, 5) is 7.14. The van der Waals surface area contributed by atoms with E-state index in [1.54, 1.807) is 11.3 Å². The van der Waals surface area contributed by atoms with Gasteiger partial charge in [0, 0.05) is 36.5 Å². The molecule has 108 valence electrons. The Morgan fingerprint density at radius 2 is 2.32 bits per heavy atom. The minimum Gasteiger partial charge on any atom is -0.374 e. The van der Waals surface area contributed by atoms with Gasteiger partial charge in [-0.3, -0.25) is 4.90 Å². The van der Waals surface area contributed by atoms with E-state index in [0.717, 1.165) is 26.2 Å². The van der Waals surface area contributed by atoms with Crippen molar-refractivity contribution in [3.05, 3.63) is 16.1 Å². The summed E-state index contributed by atoms with van der Waals surface area (Å²) in [6.45, 7) is 12.2. The fraction of sp³-hybridized carbons (Fsp3) is 0.786. The zero-order chi connectivity index (χ0) is 14.0. The number of hydrogen-bond donors (Lipinski definition) is 1. The summed E-state index contributed by atoms with van der Waals surface area (Å²) < 4.78 is 5.68. The molecule has 2 heterocycles. The number of nitrogens with two attached hydrogens (primary N) is 1. The van der Waals surface area contributed by atoms with Gasteiger partial charge in [-0.2, -0.15) is 0 Å². The van der Waals surface area contributed by atoms with Gasteiger partial charge in [-0.05, 0) is 6.92 Å². The van der Waals surface area contributed by atoms with Gasteiger partial charge in [0.2, 0.25) is 0 Å². The van der Waals surface area contributed by atoms with Crippen molar-refractivity contribution in [2.45, 2.75) is 51.8 Å². The van der Waals surface area contributed by atoms with Crippen LogP contribution in [0.1, 0.15) is 38.4 Å². The highest BCUT2D eigenvalue weighted by molar-refractivity contribution is 7.09. The molecule has 0 aliphatic carbocycles. The van der Waals surface area contributed by atoms with Gasteiger partial charge < -0.3 is 10.5 Å². The quantitative estimate of drug-likeness (QED) is 0.921. The summed E-state index contributed by atoms with van der Waals surface area (Å²) in [7, 11) is 0. The molecule has 0 aromatic carbocycles. The van der Waals surface area contributed by atoms with Crippen molar-refractivity contribution in [1.29, 1.82) is 0 Å². The molecule has 2 atom stereocenters. The first-order chi connectivity index (χ1) is 8.86. The predicted molar refractivity (Wildman–Crippen MR) is 79.5 cm³/mol. The third-order valence-electron chi connectivity index (χ3n) is 3.34. The van der Waals surface area contributed by atoms with Gasteiger partial charge in [-0.1, -0.05) is 20.8 Å². The molecule has 1 aliphatic heterocycles. The average molecular weight is 283 g/mol. The zero-order valence-corrected chi connectivity index (χ0v) is 13.2. The third kappa shape index (κ3) is 3.99. The summed E-state index contributed by atoms with van der Waals surface area (Å²) in [5.74, 6) is 0. The van der Waals surface area contributed by atoms with Crippen LogP contribution in [0, 0.1) is 0 Å². The summed E-state index contributed by atoms with van der Waals surface area (Å²) in [5.41, 5.74) is 7.23. The molecule has 4 nitrogen and oxygen atoms in total. The number of rotatable bonds is 3. The molecular formula is C14H25N3OS. The van der Waals surface area contributed by atoms with Crippen molar-refractivity contribution in [3.63, 3.8) is 0 Å². The molecule has 5 heteroatoms. The number of hydrogen-bond acceptors (Lipinski definition) is 5. The summed E-state index contributed by atoms with van der Waals surface area (Å²) in [6, 6.07) is 0.0865. The van der Waals surface area contributed by atoms with Crippen LogP contribution < -0.4 is 5.73 Å². The van der Waals surface area contributed by atoms with E-state index in [1.165, 1.54) is 10.7 Å². The molecule has 2 rings (SSSR count). The SMILES string of the molecule is CC(N)C1CN(Cc2csc(C(C)(C)C)n2)CCO1. The Morgan fingerprint density at radius 3 is 2.89 bits per heavy atom. The van der Waals surface area contributed by atoms with E-state index in [1.807, 2.05) is 6.92 Å². The highest BCUT2D eigenvalue weighted by Crippen LogP contribution is 2.26. The smallest absolute Gasteiger partial charge is 0.0982 e. The Bertz CT molecular complexity index is 411. The number of thiazole rings is 1. The lowest BCUT2D eigenvalue weighted by Gasteiger charge is -2.34. The van der Waals surface area contributed by atoms with Gasteiger partial charge in [0.1, 0.15) is 0 Å². The maximum absolute atomic E-state index is 5.92. The van der Waals surface area contributed by atoms with Crippen LogP contribution >= 0.6 is 11.3 Å². The Hall–Kier alpha value is -0.490. The lowest BCUT2D eigenvalue weighted by Crippen LogP contribution is -2.49. The Balaban J connectivity index is 1.95. The van der Waals surface area contributed by atoms with Crippen molar-refractivity contribution in [3.8, 4) is 0 Å². The van der Waals surface area contributed by atoms with Crippen molar-refractivity contribution in [2.24, 2.45) is 5.73 Å². The van der Waals surface area contributed by atoms with E-state index in [9.17, 15) is 0 Å². The highest BCUT2D eigenvalue weighted by Gasteiger charge is 2.24. The van der Waals surface area contributed by atoms with Gasteiger partial charge in [0.15, 0.2) is 0 Å². The molecule has 1 aromatic heterocycles. The van der Waals surface area contributed by atoms with Crippen molar-refractivity contribution < 1.29 is 4.74 Å². The van der Waals surface area contributed by atoms with Crippen molar-refractivity contribution >= 4 is 11.3 Å². The normalized spacial score (nSPS) is 23.5. The predicted octanol–water partition coefficient (Wildman–Crippen LogP) is 1.99. The Kier molecular flexibility index (Phi) is 4.61. The van der Waals surface area contributed by atoms with E-state index in [2.05, 4.69) is 31.1 Å². The molecule has 19 heavy (non-hydrogen) atoms. The van der Waals surface area contributed by atoms with Crippen LogP contribution in [0.15, 0.2) is 5.38 Å². The molecule has 2 N–H and O–H groups in total. The first kappa shape index (κ1) is 14.9. The van der Waals surface area contributed by atoms with Crippen molar-refractivity contribution in [2.75, 3.05) is 19.7 Å². The van der Waals surface area contributed by atoms with Gasteiger partial charge in [0.25, 0.3) is 0 Å². The molecule has 0 saturated carbocycles. The van der Waals surface area contributed by atoms with Gasteiger partial charge in [-0.15, -0.1) is 11.3 Å². The van der Waals surface area contributed by atoms with Crippen LogP contribution in [0.25, 0.3) is 0 Å². The van der Waals surface area contributed by atoms with Gasteiger partial charge in [-0.25, -0.2) is 4.98 Å². The first-order valence-electron chi connectivity index (χ1n) is 6.90. The van der Waals surface area contributed by atoms with Crippen LogP contribution in [-0.4, -0.2) is 41.7 Å². The molecular weight excluding hydrogens is 258 g/mol. The molecule has 1 saturated heterocycles. The van der Waals surface area contributed by atoms with E-state index < -0.39 is 0 Å². The Morgan fingerprint density at radius 1 is 1.58 bits per heavy atom. The molecule has 1 aromatic rings. The maximum Gasteiger partial charge on any atom is 0.0982 e. The monoisotopic (exact) mass is 283 g/mol. The molecule has 1 fully saturated rings. The van der Waals surface area contributed by atoms with Crippen molar-refractivity contribution in [1.82, 2.24) is 9.88 Å². The average Bonchev–Trinajstić information content (AvgIpc) is 2.77. The van der Waals surface area contributed by atoms with E-state index in [4.69, 9.17) is 15.5 Å². The van der Waals surface area contributed by atoms with Crippen LogP contribution in [0.3, 0.4) is 0 Å². The second kappa shape index (κ2) is 5.87. The topological polar surface area (TPSA) is 51.4 Å². The van der Waals surface area contributed by atoms with Gasteiger partial charge in [0.05, 0.1) is 23.4 Å². The summed E-state index contributed by atoms with van der Waals surface area (Å²) >= 11 is 1.76. The molecule has 0 radical (unpaired) electrons. The van der Waals surface area contributed by atoms with E-state index in [0.29, 0.717) is 0 Å². The fourth-order valence-electron chi connectivity index (χ4n) is 2.15. The van der Waals surface area contributed by atoms with Crippen LogP contribution in [0.5, 0.6) is 0 Å². The lowest BCUT2D eigenvalue weighted by atomic mass is 9.98. The van der Waals surface area contributed by atoms with Gasteiger partial charge >= 0.3 is 0 Å². The number of aromatic nitrogens is 1. The maximum atomic E-state index is 5.92. The minimum absolute atomic E-state index is 0.0865. The molecule has 0 amide bonds. The zero-order valence-electron chi connectivity index (χ0n) is 12.3.